The lowest BCUT2D eigenvalue weighted by Crippen LogP contribution is -2.37. The summed E-state index contributed by atoms with van der Waals surface area (Å²) in [5, 5.41) is 9.59. The van der Waals surface area contributed by atoms with Gasteiger partial charge < -0.3 is 0 Å². The zero-order valence-corrected chi connectivity index (χ0v) is 14.8. The lowest BCUT2D eigenvalue weighted by Gasteiger charge is -2.08. The molecule has 0 unspecified atom stereocenters. The molecule has 0 aliphatic rings. The molecule has 4 aromatic carbocycles. The molecule has 1 heterocycles. The summed E-state index contributed by atoms with van der Waals surface area (Å²) in [6, 6.07) is 25.3. The van der Waals surface area contributed by atoms with Gasteiger partial charge in [-0.25, -0.2) is 0 Å². The minimum absolute atomic E-state index is 0.891. The van der Waals surface area contributed by atoms with Crippen LogP contribution in [-0.2, 0) is 7.05 Å². The maximum absolute atomic E-state index is 5.01. The van der Waals surface area contributed by atoms with Gasteiger partial charge in [-0.1, -0.05) is 65.8 Å². The molecule has 0 N–H and O–H groups in total. The van der Waals surface area contributed by atoms with E-state index in [0.29, 0.717) is 0 Å². The molecule has 0 aliphatic carbocycles. The van der Waals surface area contributed by atoms with Crippen LogP contribution in [0, 0.1) is 6.92 Å². The standard InChI is InChI=1S/C23H18N3/c1-15-11-12-16-7-5-6-10-19(16)22(15)23-24-20-13-17-8-3-4-9-18(17)14-21(20)25-26(23)2/h3-14H,1-2H3/q+1. The van der Waals surface area contributed by atoms with Crippen molar-refractivity contribution >= 4 is 32.6 Å². The lowest BCUT2D eigenvalue weighted by molar-refractivity contribution is -0.720. The van der Waals surface area contributed by atoms with Gasteiger partial charge in [0.1, 0.15) is 7.05 Å². The van der Waals surface area contributed by atoms with E-state index in [1.54, 1.807) is 0 Å². The molecular weight excluding hydrogens is 318 g/mol. The molecule has 124 valence electrons. The quantitative estimate of drug-likeness (QED) is 0.327. The Kier molecular flexibility index (Phi) is 3.22. The molecule has 0 saturated heterocycles. The minimum atomic E-state index is 0.891. The first-order valence-corrected chi connectivity index (χ1v) is 8.76. The highest BCUT2D eigenvalue weighted by Gasteiger charge is 2.21. The van der Waals surface area contributed by atoms with Crippen LogP contribution in [-0.4, -0.2) is 10.1 Å². The van der Waals surface area contributed by atoms with E-state index < -0.39 is 0 Å². The largest absolute Gasteiger partial charge is 0.351 e. The van der Waals surface area contributed by atoms with Crippen molar-refractivity contribution in [2.75, 3.05) is 0 Å². The fourth-order valence-electron chi connectivity index (χ4n) is 3.68. The highest BCUT2D eigenvalue weighted by Crippen LogP contribution is 2.30. The molecule has 3 nitrogen and oxygen atoms in total. The molecule has 0 atom stereocenters. The highest BCUT2D eigenvalue weighted by atomic mass is 15.3. The Morgan fingerprint density at radius 3 is 2.15 bits per heavy atom. The molecule has 3 heteroatoms. The number of aromatic nitrogens is 3. The molecular formula is C23H18N3+. The summed E-state index contributed by atoms with van der Waals surface area (Å²) >= 11 is 0. The van der Waals surface area contributed by atoms with E-state index in [0.717, 1.165) is 22.4 Å². The Morgan fingerprint density at radius 1 is 0.731 bits per heavy atom. The van der Waals surface area contributed by atoms with Crippen LogP contribution < -0.4 is 4.68 Å². The Balaban J connectivity index is 1.86. The maximum atomic E-state index is 5.01. The summed E-state index contributed by atoms with van der Waals surface area (Å²) in [5.41, 5.74) is 4.18. The first kappa shape index (κ1) is 15.0. The molecule has 5 rings (SSSR count). The summed E-state index contributed by atoms with van der Waals surface area (Å²) in [4.78, 5) is 5.01. The van der Waals surface area contributed by atoms with E-state index in [2.05, 4.69) is 79.7 Å². The minimum Gasteiger partial charge on any atom is -0.133 e. The Labute approximate surface area is 151 Å². The van der Waals surface area contributed by atoms with Crippen molar-refractivity contribution in [1.82, 2.24) is 10.1 Å². The van der Waals surface area contributed by atoms with Crippen molar-refractivity contribution in [2.45, 2.75) is 6.92 Å². The topological polar surface area (TPSA) is 29.7 Å². The monoisotopic (exact) mass is 336 g/mol. The molecule has 0 fully saturated rings. The smallest absolute Gasteiger partial charge is 0.133 e. The normalized spacial score (nSPS) is 11.5. The Hall–Kier alpha value is -3.33. The van der Waals surface area contributed by atoms with Crippen LogP contribution in [0.25, 0.3) is 44.0 Å². The average molecular weight is 336 g/mol. The van der Waals surface area contributed by atoms with Gasteiger partial charge in [0.25, 0.3) is 0 Å². The molecule has 0 amide bonds. The second-order valence-corrected chi connectivity index (χ2v) is 6.73. The van der Waals surface area contributed by atoms with Crippen LogP contribution in [0.5, 0.6) is 0 Å². The Bertz CT molecular complexity index is 1310. The number of aryl methyl sites for hydroxylation is 2. The van der Waals surface area contributed by atoms with Gasteiger partial charge in [0.05, 0.1) is 5.56 Å². The summed E-state index contributed by atoms with van der Waals surface area (Å²) in [7, 11) is 1.97. The predicted molar refractivity (Wildman–Crippen MR) is 106 cm³/mol. The van der Waals surface area contributed by atoms with Crippen molar-refractivity contribution < 1.29 is 4.68 Å². The molecule has 0 saturated carbocycles. The number of fused-ring (bicyclic) bond motifs is 3. The zero-order chi connectivity index (χ0) is 17.7. The number of benzene rings is 4. The molecule has 1 aromatic heterocycles. The summed E-state index contributed by atoms with van der Waals surface area (Å²) < 4.78 is 1.89. The zero-order valence-electron chi connectivity index (χ0n) is 14.8. The van der Waals surface area contributed by atoms with E-state index >= 15 is 0 Å². The van der Waals surface area contributed by atoms with Crippen molar-refractivity contribution in [3.8, 4) is 11.4 Å². The van der Waals surface area contributed by atoms with Gasteiger partial charge in [0.15, 0.2) is 5.52 Å². The second kappa shape index (κ2) is 5.60. The van der Waals surface area contributed by atoms with Gasteiger partial charge in [0.2, 0.25) is 5.52 Å². The highest BCUT2D eigenvalue weighted by molar-refractivity contribution is 5.98. The predicted octanol–water partition coefficient (Wildman–Crippen LogP) is 4.74. The van der Waals surface area contributed by atoms with Crippen molar-refractivity contribution in [3.05, 3.63) is 78.4 Å². The van der Waals surface area contributed by atoms with Crippen LogP contribution in [0.4, 0.5) is 0 Å². The van der Waals surface area contributed by atoms with Crippen LogP contribution in [0.15, 0.2) is 72.8 Å². The number of hydrogen-bond acceptors (Lipinski definition) is 2. The average Bonchev–Trinajstić information content (AvgIpc) is 2.66. The summed E-state index contributed by atoms with van der Waals surface area (Å²) in [5.74, 6) is 0.891. The first-order chi connectivity index (χ1) is 12.7. The van der Waals surface area contributed by atoms with Crippen LogP contribution in [0.1, 0.15) is 5.56 Å². The molecule has 0 spiro atoms. The SMILES string of the molecule is Cc1ccc2ccccc2c1-c1nc2cc3ccccc3cc2n[n+]1C. The van der Waals surface area contributed by atoms with Crippen molar-refractivity contribution in [1.29, 1.82) is 0 Å². The maximum Gasteiger partial charge on any atom is 0.351 e. The molecule has 26 heavy (non-hydrogen) atoms. The van der Waals surface area contributed by atoms with Gasteiger partial charge in [0, 0.05) is 0 Å². The van der Waals surface area contributed by atoms with Gasteiger partial charge in [-0.3, -0.25) is 0 Å². The lowest BCUT2D eigenvalue weighted by atomic mass is 9.99. The summed E-state index contributed by atoms with van der Waals surface area (Å²) in [6.45, 7) is 2.13. The van der Waals surface area contributed by atoms with E-state index in [-0.39, 0.29) is 0 Å². The van der Waals surface area contributed by atoms with E-state index in [9.17, 15) is 0 Å². The first-order valence-electron chi connectivity index (χ1n) is 8.76. The van der Waals surface area contributed by atoms with Crippen LogP contribution in [0.3, 0.4) is 0 Å². The third-order valence-corrected chi connectivity index (χ3v) is 4.99. The van der Waals surface area contributed by atoms with Crippen molar-refractivity contribution in [3.63, 3.8) is 0 Å². The van der Waals surface area contributed by atoms with Gasteiger partial charge in [-0.15, -0.1) is 4.68 Å². The number of hydrogen-bond donors (Lipinski definition) is 0. The molecule has 0 aliphatic heterocycles. The summed E-state index contributed by atoms with van der Waals surface area (Å²) in [6.07, 6.45) is 0. The van der Waals surface area contributed by atoms with E-state index in [1.165, 1.54) is 27.1 Å². The van der Waals surface area contributed by atoms with E-state index in [4.69, 9.17) is 10.1 Å². The van der Waals surface area contributed by atoms with Gasteiger partial charge in [-0.05, 0) is 51.1 Å². The molecule has 0 bridgehead atoms. The van der Waals surface area contributed by atoms with Crippen molar-refractivity contribution in [2.24, 2.45) is 7.05 Å². The second-order valence-electron chi connectivity index (χ2n) is 6.73. The fourth-order valence-corrected chi connectivity index (χ4v) is 3.68. The van der Waals surface area contributed by atoms with Crippen LogP contribution in [0.2, 0.25) is 0 Å². The fraction of sp³-hybridized carbons (Fsp3) is 0.0870. The third kappa shape index (κ3) is 2.25. The van der Waals surface area contributed by atoms with Gasteiger partial charge in [-0.2, -0.15) is 0 Å². The van der Waals surface area contributed by atoms with Crippen LogP contribution >= 0.6 is 0 Å². The van der Waals surface area contributed by atoms with E-state index in [1.807, 2.05) is 11.7 Å². The number of rotatable bonds is 1. The Morgan fingerprint density at radius 2 is 1.38 bits per heavy atom. The number of nitrogens with zero attached hydrogens (tertiary/aromatic N) is 3. The molecule has 5 aromatic rings. The molecule has 0 radical (unpaired) electrons. The third-order valence-electron chi connectivity index (χ3n) is 4.99. The van der Waals surface area contributed by atoms with Gasteiger partial charge >= 0.3 is 5.82 Å².